The lowest BCUT2D eigenvalue weighted by atomic mass is 10.1. The van der Waals surface area contributed by atoms with Crippen molar-refractivity contribution in [3.05, 3.63) is 0 Å². The molecule has 2 fully saturated rings. The van der Waals surface area contributed by atoms with Gasteiger partial charge in [0.15, 0.2) is 0 Å². The van der Waals surface area contributed by atoms with E-state index in [1.807, 2.05) is 4.90 Å². The summed E-state index contributed by atoms with van der Waals surface area (Å²) in [4.78, 5) is 16.0. The Labute approximate surface area is 96.4 Å². The van der Waals surface area contributed by atoms with E-state index in [2.05, 4.69) is 10.2 Å². The number of carbonyl (C=O) groups is 1. The predicted molar refractivity (Wildman–Crippen MR) is 61.1 cm³/mol. The highest BCUT2D eigenvalue weighted by molar-refractivity contribution is 5.78. The van der Waals surface area contributed by atoms with Crippen LogP contribution in [0.4, 0.5) is 0 Å². The van der Waals surface area contributed by atoms with Crippen molar-refractivity contribution < 1.29 is 9.90 Å². The van der Waals surface area contributed by atoms with Crippen molar-refractivity contribution >= 4 is 5.91 Å². The zero-order valence-electron chi connectivity index (χ0n) is 9.69. The van der Waals surface area contributed by atoms with Gasteiger partial charge in [0.1, 0.15) is 0 Å². The highest BCUT2D eigenvalue weighted by Gasteiger charge is 2.26. The van der Waals surface area contributed by atoms with Crippen LogP contribution in [0.5, 0.6) is 0 Å². The minimum absolute atomic E-state index is 0.206. The maximum Gasteiger partial charge on any atom is 0.236 e. The molecule has 0 radical (unpaired) electrons. The second kappa shape index (κ2) is 5.61. The van der Waals surface area contributed by atoms with Gasteiger partial charge in [-0.05, 0) is 6.42 Å². The first-order valence-corrected chi connectivity index (χ1v) is 6.11. The maximum atomic E-state index is 12.0. The Balaban J connectivity index is 1.75. The van der Waals surface area contributed by atoms with Crippen LogP contribution in [-0.2, 0) is 4.79 Å². The quantitative estimate of drug-likeness (QED) is 0.631. The lowest BCUT2D eigenvalue weighted by molar-refractivity contribution is -0.131. The molecule has 1 unspecified atom stereocenters. The summed E-state index contributed by atoms with van der Waals surface area (Å²) in [7, 11) is 0. The van der Waals surface area contributed by atoms with Crippen LogP contribution in [0.2, 0.25) is 0 Å². The molecular weight excluding hydrogens is 206 g/mol. The third-order valence-electron chi connectivity index (χ3n) is 3.47. The molecule has 92 valence electrons. The number of amides is 1. The van der Waals surface area contributed by atoms with Crippen molar-refractivity contribution in [2.75, 3.05) is 52.4 Å². The largest absolute Gasteiger partial charge is 0.396 e. The first-order chi connectivity index (χ1) is 7.79. The van der Waals surface area contributed by atoms with E-state index < -0.39 is 0 Å². The van der Waals surface area contributed by atoms with E-state index in [1.54, 1.807) is 0 Å². The maximum absolute atomic E-state index is 12.0. The number of piperazine rings is 1. The van der Waals surface area contributed by atoms with E-state index in [0.717, 1.165) is 45.7 Å². The molecule has 0 spiro atoms. The minimum atomic E-state index is 0.206. The molecule has 2 aliphatic heterocycles. The molecule has 5 nitrogen and oxygen atoms in total. The molecule has 2 aliphatic rings. The zero-order valence-corrected chi connectivity index (χ0v) is 9.69. The van der Waals surface area contributed by atoms with Crippen molar-refractivity contribution in [2.45, 2.75) is 6.42 Å². The topological polar surface area (TPSA) is 55.8 Å². The van der Waals surface area contributed by atoms with Crippen LogP contribution in [0.1, 0.15) is 6.42 Å². The number of nitrogens with zero attached hydrogens (tertiary/aromatic N) is 2. The van der Waals surface area contributed by atoms with Crippen molar-refractivity contribution in [1.29, 1.82) is 0 Å². The number of nitrogens with one attached hydrogen (secondary N) is 1. The van der Waals surface area contributed by atoms with Gasteiger partial charge >= 0.3 is 0 Å². The molecule has 0 saturated carbocycles. The Morgan fingerprint density at radius 3 is 2.69 bits per heavy atom. The number of rotatable bonds is 3. The number of hydrogen-bond acceptors (Lipinski definition) is 4. The van der Waals surface area contributed by atoms with Crippen molar-refractivity contribution in [2.24, 2.45) is 5.92 Å². The summed E-state index contributed by atoms with van der Waals surface area (Å²) in [5.41, 5.74) is 0. The molecule has 2 saturated heterocycles. The smallest absolute Gasteiger partial charge is 0.236 e. The van der Waals surface area contributed by atoms with Gasteiger partial charge in [0, 0.05) is 51.8 Å². The van der Waals surface area contributed by atoms with Crippen LogP contribution in [-0.4, -0.2) is 73.2 Å². The van der Waals surface area contributed by atoms with Gasteiger partial charge < -0.3 is 15.3 Å². The van der Waals surface area contributed by atoms with E-state index in [1.165, 1.54) is 0 Å². The fraction of sp³-hybridized carbons (Fsp3) is 0.909. The second-order valence-electron chi connectivity index (χ2n) is 4.70. The van der Waals surface area contributed by atoms with Crippen LogP contribution < -0.4 is 5.32 Å². The van der Waals surface area contributed by atoms with E-state index in [0.29, 0.717) is 12.5 Å². The monoisotopic (exact) mass is 227 g/mol. The van der Waals surface area contributed by atoms with Crippen LogP contribution in [0.15, 0.2) is 0 Å². The lowest BCUT2D eigenvalue weighted by Gasteiger charge is -2.28. The molecule has 0 aromatic heterocycles. The molecule has 1 atom stereocenters. The SMILES string of the molecule is O=C(CN1CCNCC1)N1CCC(CO)C1. The summed E-state index contributed by atoms with van der Waals surface area (Å²) < 4.78 is 0. The van der Waals surface area contributed by atoms with Crippen LogP contribution in [0.25, 0.3) is 0 Å². The zero-order chi connectivity index (χ0) is 11.4. The van der Waals surface area contributed by atoms with Gasteiger partial charge in [-0.2, -0.15) is 0 Å². The molecule has 0 bridgehead atoms. The summed E-state index contributed by atoms with van der Waals surface area (Å²) in [5.74, 6) is 0.518. The second-order valence-corrected chi connectivity index (χ2v) is 4.70. The van der Waals surface area contributed by atoms with Crippen molar-refractivity contribution in [1.82, 2.24) is 15.1 Å². The number of aliphatic hydroxyl groups is 1. The first kappa shape index (κ1) is 11.8. The van der Waals surface area contributed by atoms with Crippen LogP contribution in [0, 0.1) is 5.92 Å². The van der Waals surface area contributed by atoms with Gasteiger partial charge in [-0.25, -0.2) is 0 Å². The predicted octanol–water partition coefficient (Wildman–Crippen LogP) is -1.27. The van der Waals surface area contributed by atoms with Gasteiger partial charge in [-0.1, -0.05) is 0 Å². The Hall–Kier alpha value is -0.650. The standard InChI is InChI=1S/C11H21N3O2/c15-9-10-1-4-14(7-10)11(16)8-13-5-2-12-3-6-13/h10,12,15H,1-9H2. The van der Waals surface area contributed by atoms with Crippen LogP contribution in [0.3, 0.4) is 0 Å². The fourth-order valence-electron chi connectivity index (χ4n) is 2.37. The summed E-state index contributed by atoms with van der Waals surface area (Å²) in [6.45, 7) is 6.18. The van der Waals surface area contributed by atoms with Gasteiger partial charge in [0.25, 0.3) is 0 Å². The summed E-state index contributed by atoms with van der Waals surface area (Å²) >= 11 is 0. The molecule has 2 heterocycles. The first-order valence-electron chi connectivity index (χ1n) is 6.11. The molecule has 2 rings (SSSR count). The van der Waals surface area contributed by atoms with Gasteiger partial charge in [-0.3, -0.25) is 9.69 Å². The highest BCUT2D eigenvalue weighted by Crippen LogP contribution is 2.15. The van der Waals surface area contributed by atoms with E-state index in [-0.39, 0.29) is 12.5 Å². The third-order valence-corrected chi connectivity index (χ3v) is 3.47. The normalized spacial score (nSPS) is 27.3. The van der Waals surface area contributed by atoms with E-state index in [9.17, 15) is 4.79 Å². The van der Waals surface area contributed by atoms with Gasteiger partial charge in [0.2, 0.25) is 5.91 Å². The van der Waals surface area contributed by atoms with E-state index in [4.69, 9.17) is 5.11 Å². The Bertz CT molecular complexity index is 241. The average molecular weight is 227 g/mol. The number of hydrogen-bond donors (Lipinski definition) is 2. The minimum Gasteiger partial charge on any atom is -0.396 e. The van der Waals surface area contributed by atoms with Crippen LogP contribution >= 0.6 is 0 Å². The average Bonchev–Trinajstić information content (AvgIpc) is 2.79. The Morgan fingerprint density at radius 2 is 2.06 bits per heavy atom. The number of carbonyl (C=O) groups excluding carboxylic acids is 1. The Morgan fingerprint density at radius 1 is 1.31 bits per heavy atom. The molecule has 5 heteroatoms. The summed E-state index contributed by atoms with van der Waals surface area (Å²) in [5, 5.41) is 12.3. The third kappa shape index (κ3) is 2.93. The molecule has 1 amide bonds. The molecular formula is C11H21N3O2. The molecule has 0 aromatic carbocycles. The molecule has 0 aromatic rings. The van der Waals surface area contributed by atoms with Crippen molar-refractivity contribution in [3.8, 4) is 0 Å². The summed E-state index contributed by atoms with van der Waals surface area (Å²) in [6.07, 6.45) is 0.948. The fourth-order valence-corrected chi connectivity index (χ4v) is 2.37. The van der Waals surface area contributed by atoms with Gasteiger partial charge in [0.05, 0.1) is 6.54 Å². The number of likely N-dealkylation sites (tertiary alicyclic amines) is 1. The molecule has 0 aliphatic carbocycles. The molecule has 2 N–H and O–H groups in total. The number of aliphatic hydroxyl groups excluding tert-OH is 1. The molecule has 16 heavy (non-hydrogen) atoms. The lowest BCUT2D eigenvalue weighted by Crippen LogP contribution is -2.48. The summed E-state index contributed by atoms with van der Waals surface area (Å²) in [6, 6.07) is 0. The van der Waals surface area contributed by atoms with Gasteiger partial charge in [-0.15, -0.1) is 0 Å². The highest BCUT2D eigenvalue weighted by atomic mass is 16.3. The van der Waals surface area contributed by atoms with E-state index >= 15 is 0 Å². The Kier molecular flexibility index (Phi) is 4.15. The van der Waals surface area contributed by atoms with Crippen molar-refractivity contribution in [3.63, 3.8) is 0 Å².